The Bertz CT molecular complexity index is 1520. The van der Waals surface area contributed by atoms with Crippen molar-refractivity contribution in [1.82, 2.24) is 19.3 Å². The summed E-state index contributed by atoms with van der Waals surface area (Å²) in [6.45, 7) is 8.63. The highest BCUT2D eigenvalue weighted by Crippen LogP contribution is 2.32. The standard InChI is InChI=1S/C25H26N4O6/c1-13-19(22(30)28(6)35-13)16-10-8-15(9-11-16)18-12-17-21(29(18)24(32)34-25(3,4)5)20(23(31)33-7)27-14(2)26-17/h8-12H,1-7H3. The average molecular weight is 479 g/mol. The zero-order chi connectivity index (χ0) is 25.7. The van der Waals surface area contributed by atoms with Gasteiger partial charge in [0.15, 0.2) is 5.69 Å². The third-order valence-electron chi connectivity index (χ3n) is 5.31. The molecule has 0 aliphatic heterocycles. The van der Waals surface area contributed by atoms with Gasteiger partial charge in [-0.1, -0.05) is 24.3 Å². The quantitative estimate of drug-likeness (QED) is 0.401. The van der Waals surface area contributed by atoms with Gasteiger partial charge in [-0.3, -0.25) is 4.79 Å². The molecule has 0 N–H and O–H groups in total. The molecule has 0 atom stereocenters. The summed E-state index contributed by atoms with van der Waals surface area (Å²) in [4.78, 5) is 47.0. The zero-order valence-electron chi connectivity index (χ0n) is 20.6. The normalized spacial score (nSPS) is 11.6. The number of benzene rings is 1. The number of carbonyl (C=O) groups excluding carboxylic acids is 2. The molecule has 10 heteroatoms. The predicted molar refractivity (Wildman–Crippen MR) is 128 cm³/mol. The summed E-state index contributed by atoms with van der Waals surface area (Å²) in [6, 6.07) is 8.77. The first kappa shape index (κ1) is 23.9. The lowest BCUT2D eigenvalue weighted by Crippen LogP contribution is -2.28. The van der Waals surface area contributed by atoms with Crippen LogP contribution < -0.4 is 5.56 Å². The molecule has 35 heavy (non-hydrogen) atoms. The number of aryl methyl sites for hydroxylation is 3. The molecule has 0 bridgehead atoms. The second kappa shape index (κ2) is 8.53. The fourth-order valence-electron chi connectivity index (χ4n) is 3.91. The summed E-state index contributed by atoms with van der Waals surface area (Å²) < 4.78 is 18.4. The number of rotatable bonds is 3. The van der Waals surface area contributed by atoms with Crippen molar-refractivity contribution in [1.29, 1.82) is 0 Å². The van der Waals surface area contributed by atoms with Crippen molar-refractivity contribution < 1.29 is 23.6 Å². The maximum Gasteiger partial charge on any atom is 0.419 e. The first-order chi connectivity index (χ1) is 16.4. The van der Waals surface area contributed by atoms with Crippen LogP contribution in [-0.4, -0.2) is 44.0 Å². The predicted octanol–water partition coefficient (Wildman–Crippen LogP) is 4.24. The first-order valence-corrected chi connectivity index (χ1v) is 10.9. The number of aromatic nitrogens is 4. The lowest BCUT2D eigenvalue weighted by atomic mass is 10.0. The molecule has 4 rings (SSSR count). The molecule has 0 amide bonds. The van der Waals surface area contributed by atoms with Crippen LogP contribution in [0.4, 0.5) is 4.79 Å². The second-order valence-corrected chi connectivity index (χ2v) is 9.09. The second-order valence-electron chi connectivity index (χ2n) is 9.09. The smallest absolute Gasteiger partial charge is 0.419 e. The van der Waals surface area contributed by atoms with Crippen molar-refractivity contribution in [3.63, 3.8) is 0 Å². The van der Waals surface area contributed by atoms with Gasteiger partial charge in [-0.15, -0.1) is 0 Å². The Hall–Kier alpha value is -4.21. The lowest BCUT2D eigenvalue weighted by Gasteiger charge is -2.21. The van der Waals surface area contributed by atoms with Gasteiger partial charge in [0.25, 0.3) is 5.56 Å². The van der Waals surface area contributed by atoms with Gasteiger partial charge in [0.05, 0.1) is 23.9 Å². The number of nitrogens with zero attached hydrogens (tertiary/aromatic N) is 4. The van der Waals surface area contributed by atoms with Gasteiger partial charge < -0.3 is 14.0 Å². The van der Waals surface area contributed by atoms with Crippen molar-refractivity contribution in [2.75, 3.05) is 7.11 Å². The Morgan fingerprint density at radius 1 is 1.03 bits per heavy atom. The molecule has 1 aromatic carbocycles. The van der Waals surface area contributed by atoms with E-state index in [9.17, 15) is 14.4 Å². The van der Waals surface area contributed by atoms with Crippen molar-refractivity contribution in [3.05, 3.63) is 58.0 Å². The van der Waals surface area contributed by atoms with Crippen LogP contribution in [0.3, 0.4) is 0 Å². The van der Waals surface area contributed by atoms with Crippen molar-refractivity contribution in [3.8, 4) is 22.4 Å². The van der Waals surface area contributed by atoms with Gasteiger partial charge in [-0.2, -0.15) is 4.74 Å². The van der Waals surface area contributed by atoms with Gasteiger partial charge >= 0.3 is 12.1 Å². The lowest BCUT2D eigenvalue weighted by molar-refractivity contribution is 0.0546. The Balaban J connectivity index is 1.94. The fourth-order valence-corrected chi connectivity index (χ4v) is 3.91. The summed E-state index contributed by atoms with van der Waals surface area (Å²) in [6.07, 6.45) is -0.691. The molecule has 4 aromatic rings. The van der Waals surface area contributed by atoms with Crippen LogP contribution >= 0.6 is 0 Å². The van der Waals surface area contributed by atoms with E-state index in [1.54, 1.807) is 72.0 Å². The molecule has 0 aliphatic carbocycles. The summed E-state index contributed by atoms with van der Waals surface area (Å²) >= 11 is 0. The minimum atomic E-state index is -0.787. The maximum absolute atomic E-state index is 13.3. The monoisotopic (exact) mass is 478 g/mol. The van der Waals surface area contributed by atoms with E-state index >= 15 is 0 Å². The highest BCUT2D eigenvalue weighted by Gasteiger charge is 2.28. The number of ether oxygens (including phenoxy) is 2. The Morgan fingerprint density at radius 3 is 2.20 bits per heavy atom. The number of esters is 1. The molecule has 0 radical (unpaired) electrons. The number of fused-ring (bicyclic) bond motifs is 1. The highest BCUT2D eigenvalue weighted by atomic mass is 16.6. The van der Waals surface area contributed by atoms with E-state index in [1.165, 1.54) is 16.4 Å². The van der Waals surface area contributed by atoms with Crippen LogP contribution in [0.25, 0.3) is 33.4 Å². The van der Waals surface area contributed by atoms with E-state index in [-0.39, 0.29) is 16.8 Å². The van der Waals surface area contributed by atoms with Gasteiger partial charge in [-0.25, -0.2) is 24.1 Å². The molecule has 0 spiro atoms. The largest absolute Gasteiger partial charge is 0.464 e. The van der Waals surface area contributed by atoms with Crippen LogP contribution in [0.15, 0.2) is 39.6 Å². The van der Waals surface area contributed by atoms with Crippen molar-refractivity contribution in [2.24, 2.45) is 7.05 Å². The van der Waals surface area contributed by atoms with Crippen LogP contribution in [0.5, 0.6) is 0 Å². The van der Waals surface area contributed by atoms with Gasteiger partial charge in [0, 0.05) is 7.05 Å². The highest BCUT2D eigenvalue weighted by molar-refractivity contribution is 6.05. The summed E-state index contributed by atoms with van der Waals surface area (Å²) in [7, 11) is 2.79. The molecule has 3 aromatic heterocycles. The van der Waals surface area contributed by atoms with E-state index in [1.807, 2.05) is 0 Å². The number of carbonyl (C=O) groups is 2. The molecule has 0 fully saturated rings. The fraction of sp³-hybridized carbons (Fsp3) is 0.320. The SMILES string of the molecule is COC(=O)c1nc(C)nc2cc(-c3ccc(-c4c(C)on(C)c4=O)cc3)n(C(=O)OC(C)(C)C)c12. The molecule has 0 unspecified atom stereocenters. The molecular weight excluding hydrogens is 452 g/mol. The number of hydrogen-bond acceptors (Lipinski definition) is 8. The Labute approximate surface area is 201 Å². The Morgan fingerprint density at radius 2 is 1.66 bits per heavy atom. The third-order valence-corrected chi connectivity index (χ3v) is 5.31. The minimum Gasteiger partial charge on any atom is -0.464 e. The van der Waals surface area contributed by atoms with Crippen LogP contribution in [-0.2, 0) is 16.5 Å². The maximum atomic E-state index is 13.3. The molecule has 10 nitrogen and oxygen atoms in total. The van der Waals surface area contributed by atoms with E-state index in [2.05, 4.69) is 9.97 Å². The number of hydrogen-bond donors (Lipinski definition) is 0. The van der Waals surface area contributed by atoms with Gasteiger partial charge in [0.1, 0.15) is 22.7 Å². The van der Waals surface area contributed by atoms with E-state index in [4.69, 9.17) is 14.0 Å². The first-order valence-electron chi connectivity index (χ1n) is 10.9. The molecule has 0 saturated heterocycles. The third kappa shape index (κ3) is 4.34. The number of methoxy groups -OCH3 is 1. The molecule has 0 saturated carbocycles. The van der Waals surface area contributed by atoms with E-state index < -0.39 is 17.7 Å². The van der Waals surface area contributed by atoms with Crippen LogP contribution in [0.2, 0.25) is 0 Å². The summed E-state index contributed by atoms with van der Waals surface area (Å²) in [5.74, 6) is 0.158. The zero-order valence-corrected chi connectivity index (χ0v) is 20.6. The molecule has 3 heterocycles. The topological polar surface area (TPSA) is 118 Å². The molecular formula is C25H26N4O6. The summed E-state index contributed by atoms with van der Waals surface area (Å²) in [5.41, 5.74) is 1.73. The van der Waals surface area contributed by atoms with Gasteiger partial charge in [0.2, 0.25) is 0 Å². The van der Waals surface area contributed by atoms with Crippen LogP contribution in [0.1, 0.15) is 42.8 Å². The molecule has 0 aliphatic rings. The average Bonchev–Trinajstić information content (AvgIpc) is 3.28. The van der Waals surface area contributed by atoms with Crippen molar-refractivity contribution >= 4 is 23.1 Å². The van der Waals surface area contributed by atoms with E-state index in [0.29, 0.717) is 39.5 Å². The van der Waals surface area contributed by atoms with Crippen molar-refractivity contribution in [2.45, 2.75) is 40.2 Å². The molecule has 182 valence electrons. The van der Waals surface area contributed by atoms with Crippen LogP contribution in [0, 0.1) is 13.8 Å². The Kier molecular flexibility index (Phi) is 5.84. The summed E-state index contributed by atoms with van der Waals surface area (Å²) in [5, 5.41) is 0. The van der Waals surface area contributed by atoms with E-state index in [0.717, 1.165) is 0 Å². The minimum absolute atomic E-state index is 0.0405. The van der Waals surface area contributed by atoms with Gasteiger partial charge in [-0.05, 0) is 51.8 Å².